The zero-order valence-electron chi connectivity index (χ0n) is 10.2. The van der Waals surface area contributed by atoms with Crippen LogP contribution in [0.15, 0.2) is 0 Å². The minimum atomic E-state index is 0.106. The number of rotatable bonds is 2. The molecular weight excluding hydrogens is 216 g/mol. The van der Waals surface area contributed by atoms with Gasteiger partial charge in [0.1, 0.15) is 0 Å². The van der Waals surface area contributed by atoms with E-state index >= 15 is 0 Å². The Hall–Kier alpha value is -0.900. The van der Waals surface area contributed by atoms with Crippen molar-refractivity contribution >= 4 is 11.8 Å². The number of nitrogens with zero attached hydrogens (tertiary/aromatic N) is 1. The van der Waals surface area contributed by atoms with E-state index < -0.39 is 0 Å². The molecule has 3 rings (SSSR count). The molecule has 2 bridgehead atoms. The number of likely N-dealkylation sites (tertiary alicyclic amines) is 1. The molecule has 4 heteroatoms. The third kappa shape index (κ3) is 1.99. The Kier molecular flexibility index (Phi) is 2.90. The maximum Gasteiger partial charge on any atom is 0.232 e. The lowest BCUT2D eigenvalue weighted by Gasteiger charge is -2.33. The first kappa shape index (κ1) is 11.2. The third-order valence-corrected chi connectivity index (χ3v) is 4.50. The molecule has 2 saturated heterocycles. The molecule has 17 heavy (non-hydrogen) atoms. The van der Waals surface area contributed by atoms with E-state index in [0.717, 1.165) is 45.2 Å². The van der Waals surface area contributed by atoms with Crippen molar-refractivity contribution in [3.05, 3.63) is 0 Å². The number of imide groups is 1. The largest absolute Gasteiger partial charge is 0.316 e. The van der Waals surface area contributed by atoms with Gasteiger partial charge in [0.15, 0.2) is 0 Å². The van der Waals surface area contributed by atoms with Crippen LogP contribution in [0, 0.1) is 17.8 Å². The Morgan fingerprint density at radius 1 is 1.12 bits per heavy atom. The van der Waals surface area contributed by atoms with Crippen LogP contribution in [0.1, 0.15) is 32.1 Å². The van der Waals surface area contributed by atoms with Crippen LogP contribution >= 0.6 is 0 Å². The highest BCUT2D eigenvalue weighted by Gasteiger charge is 2.45. The van der Waals surface area contributed by atoms with Crippen LogP contribution in [0.4, 0.5) is 0 Å². The lowest BCUT2D eigenvalue weighted by atomic mass is 9.93. The lowest BCUT2D eigenvalue weighted by Crippen LogP contribution is -2.50. The van der Waals surface area contributed by atoms with Gasteiger partial charge >= 0.3 is 0 Å². The molecule has 3 atom stereocenters. The van der Waals surface area contributed by atoms with Crippen LogP contribution in [0.2, 0.25) is 0 Å². The maximum absolute atomic E-state index is 12.2. The molecule has 0 aromatic heterocycles. The Labute approximate surface area is 102 Å². The molecule has 1 saturated carbocycles. The van der Waals surface area contributed by atoms with Gasteiger partial charge in [0.2, 0.25) is 11.8 Å². The highest BCUT2D eigenvalue weighted by atomic mass is 16.2. The van der Waals surface area contributed by atoms with E-state index in [-0.39, 0.29) is 23.7 Å². The first-order valence-electron chi connectivity index (χ1n) is 6.81. The minimum Gasteiger partial charge on any atom is -0.316 e. The molecule has 0 aromatic carbocycles. The van der Waals surface area contributed by atoms with Crippen LogP contribution < -0.4 is 5.32 Å². The van der Waals surface area contributed by atoms with Crippen molar-refractivity contribution < 1.29 is 9.59 Å². The molecule has 1 aliphatic carbocycles. The average Bonchev–Trinajstić information content (AvgIpc) is 2.81. The van der Waals surface area contributed by atoms with E-state index in [1.54, 1.807) is 4.90 Å². The second-order valence-electron chi connectivity index (χ2n) is 5.71. The topological polar surface area (TPSA) is 49.4 Å². The Bertz CT molecular complexity index is 314. The molecule has 3 unspecified atom stereocenters. The summed E-state index contributed by atoms with van der Waals surface area (Å²) >= 11 is 0. The minimum absolute atomic E-state index is 0.106. The van der Waals surface area contributed by atoms with Gasteiger partial charge in [0.25, 0.3) is 0 Å². The molecule has 3 fully saturated rings. The van der Waals surface area contributed by atoms with Crippen molar-refractivity contribution in [2.24, 2.45) is 17.8 Å². The zero-order valence-corrected chi connectivity index (χ0v) is 10.2. The van der Waals surface area contributed by atoms with E-state index in [4.69, 9.17) is 0 Å². The number of hydrogen-bond donors (Lipinski definition) is 1. The highest BCUT2D eigenvalue weighted by molar-refractivity contribution is 6.00. The normalized spacial score (nSPS) is 37.6. The molecule has 94 valence electrons. The van der Waals surface area contributed by atoms with Crippen molar-refractivity contribution in [2.45, 2.75) is 32.1 Å². The predicted octanol–water partition coefficient (Wildman–Crippen LogP) is 0.771. The van der Waals surface area contributed by atoms with Crippen molar-refractivity contribution in [3.63, 3.8) is 0 Å². The summed E-state index contributed by atoms with van der Waals surface area (Å²) in [5.74, 6) is 0.973. The van der Waals surface area contributed by atoms with Gasteiger partial charge in [-0.1, -0.05) is 0 Å². The second-order valence-corrected chi connectivity index (χ2v) is 5.71. The van der Waals surface area contributed by atoms with Gasteiger partial charge in [-0.05, 0) is 51.1 Å². The summed E-state index contributed by atoms with van der Waals surface area (Å²) in [4.78, 5) is 25.9. The maximum atomic E-state index is 12.2. The van der Waals surface area contributed by atoms with Gasteiger partial charge < -0.3 is 5.32 Å². The number of piperidine rings is 2. The number of fused-ring (bicyclic) bond motifs is 2. The molecule has 2 amide bonds. The quantitative estimate of drug-likeness (QED) is 0.721. The fourth-order valence-corrected chi connectivity index (χ4v) is 3.50. The summed E-state index contributed by atoms with van der Waals surface area (Å²) in [6, 6.07) is 0. The average molecular weight is 236 g/mol. The Morgan fingerprint density at radius 2 is 1.82 bits per heavy atom. The van der Waals surface area contributed by atoms with Crippen LogP contribution in [-0.2, 0) is 9.59 Å². The molecule has 2 aliphatic heterocycles. The van der Waals surface area contributed by atoms with Crippen LogP contribution in [0.25, 0.3) is 0 Å². The molecule has 0 spiro atoms. The molecular formula is C13H20N2O2. The van der Waals surface area contributed by atoms with E-state index in [1.807, 2.05) is 0 Å². The zero-order chi connectivity index (χ0) is 11.8. The number of carbonyl (C=O) groups is 2. The van der Waals surface area contributed by atoms with Crippen molar-refractivity contribution in [3.8, 4) is 0 Å². The van der Waals surface area contributed by atoms with E-state index in [0.29, 0.717) is 12.5 Å². The summed E-state index contributed by atoms with van der Waals surface area (Å²) in [6.07, 6.45) is 4.97. The van der Waals surface area contributed by atoms with Crippen molar-refractivity contribution in [2.75, 3.05) is 19.6 Å². The third-order valence-electron chi connectivity index (χ3n) is 4.50. The van der Waals surface area contributed by atoms with Crippen LogP contribution in [0.3, 0.4) is 0 Å². The number of carbonyl (C=O) groups excluding carboxylic acids is 2. The van der Waals surface area contributed by atoms with Gasteiger partial charge in [-0.3, -0.25) is 14.5 Å². The molecule has 1 N–H and O–H groups in total. The van der Waals surface area contributed by atoms with Gasteiger partial charge in [-0.15, -0.1) is 0 Å². The highest BCUT2D eigenvalue weighted by Crippen LogP contribution is 2.38. The summed E-state index contributed by atoms with van der Waals surface area (Å²) in [6.45, 7) is 2.67. The van der Waals surface area contributed by atoms with Crippen LogP contribution in [-0.4, -0.2) is 36.3 Å². The van der Waals surface area contributed by atoms with E-state index in [9.17, 15) is 9.59 Å². The second kappa shape index (κ2) is 4.41. The first-order chi connectivity index (χ1) is 8.25. The van der Waals surface area contributed by atoms with Gasteiger partial charge in [0, 0.05) is 18.4 Å². The molecule has 3 aliphatic rings. The summed E-state index contributed by atoms with van der Waals surface area (Å²) in [5, 5.41) is 3.34. The molecule has 0 aromatic rings. The standard InChI is InChI=1S/C13H20N2O2/c16-12-10-3-4-11(6-10)13(17)15(12)8-9-2-1-5-14-7-9/h9-11,14H,1-8H2. The van der Waals surface area contributed by atoms with Gasteiger partial charge in [-0.25, -0.2) is 0 Å². The fraction of sp³-hybridized carbons (Fsp3) is 0.846. The summed E-state index contributed by atoms with van der Waals surface area (Å²) in [7, 11) is 0. The molecule has 4 nitrogen and oxygen atoms in total. The monoisotopic (exact) mass is 236 g/mol. The number of nitrogens with one attached hydrogen (secondary N) is 1. The van der Waals surface area contributed by atoms with Gasteiger partial charge in [0.05, 0.1) is 0 Å². The summed E-state index contributed by atoms with van der Waals surface area (Å²) in [5.41, 5.74) is 0. The van der Waals surface area contributed by atoms with E-state index in [2.05, 4.69) is 5.32 Å². The predicted molar refractivity (Wildman–Crippen MR) is 63.1 cm³/mol. The fourth-order valence-electron chi connectivity index (χ4n) is 3.50. The van der Waals surface area contributed by atoms with Gasteiger partial charge in [-0.2, -0.15) is 0 Å². The SMILES string of the molecule is O=C1C2CCC(C2)C(=O)N1CC1CCCNC1. The number of hydrogen-bond acceptors (Lipinski definition) is 3. The Morgan fingerprint density at radius 3 is 2.41 bits per heavy atom. The first-order valence-corrected chi connectivity index (χ1v) is 6.81. The van der Waals surface area contributed by atoms with E-state index in [1.165, 1.54) is 0 Å². The smallest absolute Gasteiger partial charge is 0.232 e. The Balaban J connectivity index is 1.68. The van der Waals surface area contributed by atoms with Crippen molar-refractivity contribution in [1.29, 1.82) is 0 Å². The molecule has 0 radical (unpaired) electrons. The lowest BCUT2D eigenvalue weighted by molar-refractivity contribution is -0.153. The summed E-state index contributed by atoms with van der Waals surface area (Å²) < 4.78 is 0. The van der Waals surface area contributed by atoms with Crippen molar-refractivity contribution in [1.82, 2.24) is 10.2 Å². The number of amides is 2. The van der Waals surface area contributed by atoms with Crippen LogP contribution in [0.5, 0.6) is 0 Å². The molecule has 2 heterocycles.